The second-order valence-electron chi connectivity index (χ2n) is 4.78. The Bertz CT molecular complexity index is 190. The molecule has 0 bridgehead atoms. The van der Waals surface area contributed by atoms with Gasteiger partial charge in [-0.25, -0.2) is 0 Å². The third-order valence-corrected chi connectivity index (χ3v) is 3.03. The van der Waals surface area contributed by atoms with Gasteiger partial charge < -0.3 is 10.6 Å². The van der Waals surface area contributed by atoms with Crippen LogP contribution in [0.4, 0.5) is 0 Å². The number of nitrogens with zero attached hydrogens (tertiary/aromatic N) is 1. The third kappa shape index (κ3) is 5.17. The van der Waals surface area contributed by atoms with E-state index in [0.717, 1.165) is 12.8 Å². The highest BCUT2D eigenvalue weighted by atomic mass is 16.2. The Morgan fingerprint density at radius 1 is 1.27 bits per heavy atom. The van der Waals surface area contributed by atoms with Crippen LogP contribution in [0, 0.1) is 0 Å². The number of hydrogen-bond donors (Lipinski definition) is 1. The average molecular weight is 214 g/mol. The number of carbonyl (C=O) groups is 1. The molecule has 3 heteroatoms. The van der Waals surface area contributed by atoms with E-state index in [4.69, 9.17) is 5.73 Å². The molecule has 0 aliphatic heterocycles. The highest BCUT2D eigenvalue weighted by Gasteiger charge is 2.25. The van der Waals surface area contributed by atoms with E-state index in [1.165, 1.54) is 12.8 Å². The Balaban J connectivity index is 3.89. The first kappa shape index (κ1) is 14.4. The van der Waals surface area contributed by atoms with Gasteiger partial charge in [0, 0.05) is 25.6 Å². The van der Waals surface area contributed by atoms with Gasteiger partial charge in [0.25, 0.3) is 0 Å². The lowest BCUT2D eigenvalue weighted by molar-refractivity contribution is -0.134. The normalized spacial score (nSPS) is 11.5. The highest BCUT2D eigenvalue weighted by Crippen LogP contribution is 2.13. The number of rotatable bonds is 7. The fraction of sp³-hybridized carbons (Fsp3) is 0.917. The smallest absolute Gasteiger partial charge is 0.222 e. The third-order valence-electron chi connectivity index (χ3n) is 3.03. The van der Waals surface area contributed by atoms with Crippen molar-refractivity contribution in [3.63, 3.8) is 0 Å². The molecule has 0 aromatic carbocycles. The summed E-state index contributed by atoms with van der Waals surface area (Å²) in [5.74, 6) is 0.210. The Morgan fingerprint density at radius 2 is 1.87 bits per heavy atom. The van der Waals surface area contributed by atoms with Gasteiger partial charge in [0.2, 0.25) is 5.91 Å². The Labute approximate surface area is 94.0 Å². The topological polar surface area (TPSA) is 46.3 Å². The standard InChI is InChI=1S/C12H26N2O/c1-5-6-7-8-9-11(15)14(4)12(2,3)10-13/h5-10,13H2,1-4H3. The van der Waals surface area contributed by atoms with Crippen LogP contribution in [0.25, 0.3) is 0 Å². The van der Waals surface area contributed by atoms with Crippen molar-refractivity contribution >= 4 is 5.91 Å². The van der Waals surface area contributed by atoms with E-state index >= 15 is 0 Å². The molecule has 0 aromatic heterocycles. The molecular formula is C12H26N2O. The van der Waals surface area contributed by atoms with Gasteiger partial charge in [-0.1, -0.05) is 26.2 Å². The minimum Gasteiger partial charge on any atom is -0.339 e. The summed E-state index contributed by atoms with van der Waals surface area (Å²) in [6.07, 6.45) is 5.23. The molecule has 0 spiro atoms. The van der Waals surface area contributed by atoms with Crippen LogP contribution in [-0.2, 0) is 4.79 Å². The van der Waals surface area contributed by atoms with Crippen LogP contribution in [0.1, 0.15) is 52.9 Å². The summed E-state index contributed by atoms with van der Waals surface area (Å²) in [6.45, 7) is 6.67. The summed E-state index contributed by atoms with van der Waals surface area (Å²) in [6, 6.07) is 0. The highest BCUT2D eigenvalue weighted by molar-refractivity contribution is 5.76. The zero-order valence-electron chi connectivity index (χ0n) is 10.7. The minimum absolute atomic E-state index is 0.210. The van der Waals surface area contributed by atoms with E-state index in [0.29, 0.717) is 13.0 Å². The van der Waals surface area contributed by atoms with Crippen molar-refractivity contribution in [2.24, 2.45) is 5.73 Å². The van der Waals surface area contributed by atoms with Gasteiger partial charge in [0.1, 0.15) is 0 Å². The lowest BCUT2D eigenvalue weighted by atomic mass is 10.0. The first-order chi connectivity index (χ1) is 6.95. The van der Waals surface area contributed by atoms with Crippen LogP contribution >= 0.6 is 0 Å². The number of nitrogens with two attached hydrogens (primary N) is 1. The quantitative estimate of drug-likeness (QED) is 0.660. The van der Waals surface area contributed by atoms with Crippen LogP contribution in [0.15, 0.2) is 0 Å². The lowest BCUT2D eigenvalue weighted by Gasteiger charge is -2.34. The molecule has 0 aliphatic carbocycles. The van der Waals surface area contributed by atoms with Gasteiger partial charge in [-0.15, -0.1) is 0 Å². The molecule has 0 aliphatic rings. The van der Waals surface area contributed by atoms with Crippen molar-refractivity contribution < 1.29 is 4.79 Å². The van der Waals surface area contributed by atoms with Gasteiger partial charge in [-0.05, 0) is 20.3 Å². The fourth-order valence-electron chi connectivity index (χ4n) is 1.35. The number of unbranched alkanes of at least 4 members (excludes halogenated alkanes) is 3. The predicted molar refractivity (Wildman–Crippen MR) is 64.7 cm³/mol. The Morgan fingerprint density at radius 3 is 2.33 bits per heavy atom. The molecule has 0 radical (unpaired) electrons. The number of amides is 1. The molecule has 0 heterocycles. The first-order valence-corrected chi connectivity index (χ1v) is 5.92. The van der Waals surface area contributed by atoms with Crippen molar-refractivity contribution in [3.05, 3.63) is 0 Å². The molecule has 3 nitrogen and oxygen atoms in total. The molecule has 0 fully saturated rings. The average Bonchev–Trinajstić information content (AvgIpc) is 2.23. The molecule has 0 saturated carbocycles. The van der Waals surface area contributed by atoms with Crippen LogP contribution < -0.4 is 5.73 Å². The van der Waals surface area contributed by atoms with Crippen LogP contribution in [-0.4, -0.2) is 29.9 Å². The van der Waals surface area contributed by atoms with Crippen molar-refractivity contribution in [2.45, 2.75) is 58.4 Å². The van der Waals surface area contributed by atoms with Gasteiger partial charge >= 0.3 is 0 Å². The maximum absolute atomic E-state index is 11.8. The zero-order valence-corrected chi connectivity index (χ0v) is 10.7. The number of hydrogen-bond acceptors (Lipinski definition) is 2. The first-order valence-electron chi connectivity index (χ1n) is 5.92. The summed E-state index contributed by atoms with van der Waals surface area (Å²) < 4.78 is 0. The largest absolute Gasteiger partial charge is 0.339 e. The second-order valence-corrected chi connectivity index (χ2v) is 4.78. The monoisotopic (exact) mass is 214 g/mol. The molecule has 0 atom stereocenters. The van der Waals surface area contributed by atoms with Crippen molar-refractivity contribution in [1.29, 1.82) is 0 Å². The van der Waals surface area contributed by atoms with Crippen LogP contribution in [0.2, 0.25) is 0 Å². The van der Waals surface area contributed by atoms with Crippen molar-refractivity contribution in [3.8, 4) is 0 Å². The van der Waals surface area contributed by atoms with Crippen LogP contribution in [0.5, 0.6) is 0 Å². The van der Waals surface area contributed by atoms with Crippen molar-refractivity contribution in [2.75, 3.05) is 13.6 Å². The summed E-state index contributed by atoms with van der Waals surface area (Å²) in [5, 5.41) is 0. The summed E-state index contributed by atoms with van der Waals surface area (Å²) >= 11 is 0. The maximum atomic E-state index is 11.8. The summed E-state index contributed by atoms with van der Waals surface area (Å²) in [4.78, 5) is 13.6. The molecule has 0 saturated heterocycles. The van der Waals surface area contributed by atoms with E-state index in [1.807, 2.05) is 20.9 Å². The number of carbonyl (C=O) groups excluding carboxylic acids is 1. The zero-order chi connectivity index (χ0) is 11.9. The number of likely N-dealkylation sites (N-methyl/N-ethyl adjacent to an activating group) is 1. The van der Waals surface area contributed by atoms with E-state index in [-0.39, 0.29) is 11.4 Å². The molecule has 15 heavy (non-hydrogen) atoms. The van der Waals surface area contributed by atoms with E-state index in [9.17, 15) is 4.79 Å². The molecule has 1 amide bonds. The minimum atomic E-state index is -0.220. The van der Waals surface area contributed by atoms with Gasteiger partial charge in [0.05, 0.1) is 0 Å². The van der Waals surface area contributed by atoms with E-state index in [2.05, 4.69) is 6.92 Å². The molecule has 90 valence electrons. The second kappa shape index (κ2) is 6.83. The van der Waals surface area contributed by atoms with Gasteiger partial charge in [-0.3, -0.25) is 4.79 Å². The summed E-state index contributed by atoms with van der Waals surface area (Å²) in [5.41, 5.74) is 5.41. The molecule has 0 unspecified atom stereocenters. The molecule has 0 aromatic rings. The fourth-order valence-corrected chi connectivity index (χ4v) is 1.35. The van der Waals surface area contributed by atoms with Gasteiger partial charge in [0.15, 0.2) is 0 Å². The lowest BCUT2D eigenvalue weighted by Crippen LogP contribution is -2.49. The molecular weight excluding hydrogens is 188 g/mol. The van der Waals surface area contributed by atoms with E-state index in [1.54, 1.807) is 4.90 Å². The van der Waals surface area contributed by atoms with Gasteiger partial charge in [-0.2, -0.15) is 0 Å². The van der Waals surface area contributed by atoms with E-state index < -0.39 is 0 Å². The SMILES string of the molecule is CCCCCCC(=O)N(C)C(C)(C)CN. The Kier molecular flexibility index (Phi) is 6.57. The molecule has 2 N–H and O–H groups in total. The summed E-state index contributed by atoms with van der Waals surface area (Å²) in [7, 11) is 1.84. The maximum Gasteiger partial charge on any atom is 0.222 e. The van der Waals surface area contributed by atoms with Crippen LogP contribution in [0.3, 0.4) is 0 Å². The Hall–Kier alpha value is -0.570. The molecule has 0 rings (SSSR count). The van der Waals surface area contributed by atoms with Crippen molar-refractivity contribution in [1.82, 2.24) is 4.90 Å². The predicted octanol–water partition coefficient (Wildman–Crippen LogP) is 2.15.